The Morgan fingerprint density at radius 3 is 2.80 bits per heavy atom. The van der Waals surface area contributed by atoms with Crippen LogP contribution in [0.2, 0.25) is 0 Å². The van der Waals surface area contributed by atoms with Gasteiger partial charge in [-0.1, -0.05) is 26.7 Å². The number of carbonyl (C=O) groups excluding carboxylic acids is 1. The van der Waals surface area contributed by atoms with E-state index in [1.54, 1.807) is 0 Å². The molecule has 1 aliphatic carbocycles. The Morgan fingerprint density at radius 1 is 1.35 bits per heavy atom. The molecule has 0 aromatic heterocycles. The molecule has 1 amide bonds. The van der Waals surface area contributed by atoms with E-state index in [0.717, 1.165) is 58.2 Å². The predicted molar refractivity (Wildman–Crippen MR) is 82.5 cm³/mol. The first kappa shape index (κ1) is 17.4. The maximum atomic E-state index is 12.1. The van der Waals surface area contributed by atoms with Crippen molar-refractivity contribution in [1.82, 2.24) is 5.32 Å². The van der Waals surface area contributed by atoms with Crippen LogP contribution in [0.1, 0.15) is 58.8 Å². The Hall–Kier alpha value is -0.610. The van der Waals surface area contributed by atoms with Crippen LogP contribution in [0, 0.1) is 11.8 Å². The first-order chi connectivity index (χ1) is 9.65. The summed E-state index contributed by atoms with van der Waals surface area (Å²) in [7, 11) is 0. The van der Waals surface area contributed by atoms with Crippen LogP contribution in [-0.4, -0.2) is 31.7 Å². The van der Waals surface area contributed by atoms with Crippen LogP contribution in [0.3, 0.4) is 0 Å². The molecular formula is C16H32N2O2. The summed E-state index contributed by atoms with van der Waals surface area (Å²) in [5, 5.41) is 3.03. The zero-order valence-electron chi connectivity index (χ0n) is 13.2. The van der Waals surface area contributed by atoms with Gasteiger partial charge in [-0.25, -0.2) is 0 Å². The molecule has 3 unspecified atom stereocenters. The molecule has 0 aromatic carbocycles. The van der Waals surface area contributed by atoms with E-state index in [-0.39, 0.29) is 17.9 Å². The molecule has 0 aliphatic heterocycles. The zero-order valence-corrected chi connectivity index (χ0v) is 13.2. The summed E-state index contributed by atoms with van der Waals surface area (Å²) in [5.41, 5.74) is 5.99. The largest absolute Gasteiger partial charge is 0.381 e. The van der Waals surface area contributed by atoms with Gasteiger partial charge in [0.1, 0.15) is 0 Å². The highest BCUT2D eigenvalue weighted by Crippen LogP contribution is 2.29. The van der Waals surface area contributed by atoms with Crippen LogP contribution in [0.25, 0.3) is 0 Å². The Labute approximate surface area is 123 Å². The van der Waals surface area contributed by atoms with Gasteiger partial charge in [-0.05, 0) is 38.0 Å². The number of hydrogen-bond acceptors (Lipinski definition) is 3. The summed E-state index contributed by atoms with van der Waals surface area (Å²) < 4.78 is 5.48. The summed E-state index contributed by atoms with van der Waals surface area (Å²) in [6, 6.07) is 0.288. The van der Waals surface area contributed by atoms with E-state index >= 15 is 0 Å². The quantitative estimate of drug-likeness (QED) is 0.639. The second-order valence-corrected chi connectivity index (χ2v) is 6.09. The molecule has 20 heavy (non-hydrogen) atoms. The molecule has 1 fully saturated rings. The second kappa shape index (κ2) is 10.2. The molecule has 0 spiro atoms. The Kier molecular flexibility index (Phi) is 8.86. The molecule has 0 aromatic rings. The third-order valence-electron chi connectivity index (χ3n) is 4.28. The average Bonchev–Trinajstić information content (AvgIpc) is 2.45. The molecule has 4 heteroatoms. The Bertz CT molecular complexity index is 271. The van der Waals surface area contributed by atoms with E-state index in [1.165, 1.54) is 0 Å². The number of nitrogens with two attached hydrogens (primary N) is 1. The van der Waals surface area contributed by atoms with E-state index in [4.69, 9.17) is 10.5 Å². The van der Waals surface area contributed by atoms with E-state index in [9.17, 15) is 4.79 Å². The lowest BCUT2D eigenvalue weighted by atomic mass is 9.78. The van der Waals surface area contributed by atoms with Gasteiger partial charge >= 0.3 is 0 Å². The minimum absolute atomic E-state index is 0.0855. The van der Waals surface area contributed by atoms with E-state index in [1.807, 2.05) is 6.92 Å². The highest BCUT2D eigenvalue weighted by molar-refractivity contribution is 5.78. The Morgan fingerprint density at radius 2 is 2.10 bits per heavy atom. The normalized spacial score (nSPS) is 24.4. The van der Waals surface area contributed by atoms with E-state index in [0.29, 0.717) is 12.5 Å². The van der Waals surface area contributed by atoms with E-state index < -0.39 is 0 Å². The van der Waals surface area contributed by atoms with Gasteiger partial charge < -0.3 is 15.8 Å². The van der Waals surface area contributed by atoms with Crippen molar-refractivity contribution < 1.29 is 9.53 Å². The summed E-state index contributed by atoms with van der Waals surface area (Å²) >= 11 is 0. The van der Waals surface area contributed by atoms with Crippen LogP contribution in [0.4, 0.5) is 0 Å². The monoisotopic (exact) mass is 284 g/mol. The van der Waals surface area contributed by atoms with Crippen LogP contribution < -0.4 is 11.1 Å². The molecule has 0 saturated heterocycles. The van der Waals surface area contributed by atoms with Gasteiger partial charge in [-0.15, -0.1) is 0 Å². The molecule has 0 bridgehead atoms. The average molecular weight is 284 g/mol. The van der Waals surface area contributed by atoms with Crippen LogP contribution >= 0.6 is 0 Å². The Balaban J connectivity index is 2.09. The minimum atomic E-state index is 0.0855. The van der Waals surface area contributed by atoms with E-state index in [2.05, 4.69) is 12.2 Å². The predicted octanol–water partition coefficient (Wildman–Crippen LogP) is 2.46. The van der Waals surface area contributed by atoms with Gasteiger partial charge in [0.15, 0.2) is 0 Å². The highest BCUT2D eigenvalue weighted by atomic mass is 16.5. The van der Waals surface area contributed by atoms with Gasteiger partial charge in [-0.3, -0.25) is 4.79 Å². The SMILES string of the molecule is CCCCOCCCNC(=O)C(C)C1CCCC(N)C1. The van der Waals surface area contributed by atoms with Crippen molar-refractivity contribution in [1.29, 1.82) is 0 Å². The van der Waals surface area contributed by atoms with Gasteiger partial charge in [0.05, 0.1) is 0 Å². The molecule has 0 heterocycles. The van der Waals surface area contributed by atoms with Gasteiger partial charge in [-0.2, -0.15) is 0 Å². The topological polar surface area (TPSA) is 64.3 Å². The standard InChI is InChI=1S/C16H32N2O2/c1-3-4-10-20-11-6-9-18-16(19)13(2)14-7-5-8-15(17)12-14/h13-15H,3-12,17H2,1-2H3,(H,18,19). The van der Waals surface area contributed by atoms with Crippen molar-refractivity contribution in [2.24, 2.45) is 17.6 Å². The molecule has 0 radical (unpaired) electrons. The number of ether oxygens (including phenoxy) is 1. The molecule has 3 N–H and O–H groups in total. The molecular weight excluding hydrogens is 252 g/mol. The van der Waals surface area contributed by atoms with Crippen LogP contribution in [0.15, 0.2) is 0 Å². The van der Waals surface area contributed by atoms with Crippen molar-refractivity contribution >= 4 is 5.91 Å². The maximum absolute atomic E-state index is 12.1. The summed E-state index contributed by atoms with van der Waals surface area (Å²) in [4.78, 5) is 12.1. The number of rotatable bonds is 9. The molecule has 3 atom stereocenters. The number of hydrogen-bond donors (Lipinski definition) is 2. The van der Waals surface area contributed by atoms with Gasteiger partial charge in [0, 0.05) is 31.7 Å². The lowest BCUT2D eigenvalue weighted by Gasteiger charge is -2.30. The fourth-order valence-corrected chi connectivity index (χ4v) is 2.83. The maximum Gasteiger partial charge on any atom is 0.223 e. The first-order valence-electron chi connectivity index (χ1n) is 8.26. The zero-order chi connectivity index (χ0) is 14.8. The highest BCUT2D eigenvalue weighted by Gasteiger charge is 2.28. The lowest BCUT2D eigenvalue weighted by Crippen LogP contribution is -2.38. The second-order valence-electron chi connectivity index (χ2n) is 6.09. The van der Waals surface area contributed by atoms with Gasteiger partial charge in [0.25, 0.3) is 0 Å². The van der Waals surface area contributed by atoms with Crippen molar-refractivity contribution in [3.8, 4) is 0 Å². The summed E-state index contributed by atoms with van der Waals surface area (Å²) in [6.45, 7) is 6.48. The number of amides is 1. The number of nitrogens with one attached hydrogen (secondary N) is 1. The fraction of sp³-hybridized carbons (Fsp3) is 0.938. The molecule has 1 saturated carbocycles. The summed E-state index contributed by atoms with van der Waals surface area (Å²) in [5.74, 6) is 0.722. The third kappa shape index (κ3) is 6.71. The number of carbonyl (C=O) groups is 1. The van der Waals surface area contributed by atoms with Crippen molar-refractivity contribution in [3.05, 3.63) is 0 Å². The molecule has 1 rings (SSSR count). The van der Waals surface area contributed by atoms with Crippen molar-refractivity contribution in [2.45, 2.75) is 64.8 Å². The molecule has 1 aliphatic rings. The van der Waals surface area contributed by atoms with Crippen LogP contribution in [0.5, 0.6) is 0 Å². The van der Waals surface area contributed by atoms with Crippen LogP contribution in [-0.2, 0) is 9.53 Å². The first-order valence-corrected chi connectivity index (χ1v) is 8.26. The number of unbranched alkanes of at least 4 members (excludes halogenated alkanes) is 1. The lowest BCUT2D eigenvalue weighted by molar-refractivity contribution is -0.126. The summed E-state index contributed by atoms with van der Waals surface area (Å²) in [6.07, 6.45) is 7.58. The van der Waals surface area contributed by atoms with Crippen molar-refractivity contribution in [3.63, 3.8) is 0 Å². The van der Waals surface area contributed by atoms with Crippen molar-refractivity contribution in [2.75, 3.05) is 19.8 Å². The van der Waals surface area contributed by atoms with Gasteiger partial charge in [0.2, 0.25) is 5.91 Å². The molecule has 118 valence electrons. The third-order valence-corrected chi connectivity index (χ3v) is 4.28. The minimum Gasteiger partial charge on any atom is -0.381 e. The smallest absolute Gasteiger partial charge is 0.223 e. The fourth-order valence-electron chi connectivity index (χ4n) is 2.83. The molecule has 4 nitrogen and oxygen atoms in total.